The van der Waals surface area contributed by atoms with Gasteiger partial charge in [0.15, 0.2) is 0 Å². The van der Waals surface area contributed by atoms with Gasteiger partial charge in [-0.15, -0.1) is 0 Å². The smallest absolute Gasteiger partial charge is 0.269 e. The Morgan fingerprint density at radius 3 is 2.67 bits per heavy atom. The van der Waals surface area contributed by atoms with E-state index < -0.39 is 0 Å². The Morgan fingerprint density at radius 1 is 1.38 bits per heavy atom. The maximum absolute atomic E-state index is 12.1. The first kappa shape index (κ1) is 15.6. The molecular formula is C14H20ClN5O. The van der Waals surface area contributed by atoms with Gasteiger partial charge in [0, 0.05) is 18.7 Å². The lowest BCUT2D eigenvalue weighted by molar-refractivity contribution is 0.559. The molecule has 2 aromatic heterocycles. The highest BCUT2D eigenvalue weighted by Gasteiger charge is 2.14. The molecule has 0 radical (unpaired) electrons. The summed E-state index contributed by atoms with van der Waals surface area (Å²) in [6.07, 6.45) is 1.65. The number of aromatic nitrogens is 4. The summed E-state index contributed by atoms with van der Waals surface area (Å²) in [5.41, 5.74) is 2.12. The van der Waals surface area contributed by atoms with Crippen LogP contribution in [0.4, 0.5) is 5.69 Å². The summed E-state index contributed by atoms with van der Waals surface area (Å²) in [5.74, 6) is 0. The third-order valence-corrected chi connectivity index (χ3v) is 3.57. The lowest BCUT2D eigenvalue weighted by Gasteiger charge is -2.11. The maximum Gasteiger partial charge on any atom is 0.269 e. The van der Waals surface area contributed by atoms with E-state index in [4.69, 9.17) is 11.6 Å². The molecule has 0 spiro atoms. The van der Waals surface area contributed by atoms with E-state index in [9.17, 15) is 4.79 Å². The quantitative estimate of drug-likeness (QED) is 0.920. The van der Waals surface area contributed by atoms with Gasteiger partial charge in [-0.1, -0.05) is 11.6 Å². The van der Waals surface area contributed by atoms with Crippen LogP contribution >= 0.6 is 11.6 Å². The third kappa shape index (κ3) is 3.44. The van der Waals surface area contributed by atoms with Crippen molar-refractivity contribution in [2.75, 3.05) is 5.32 Å². The largest absolute Gasteiger partial charge is 0.381 e. The van der Waals surface area contributed by atoms with Gasteiger partial charge >= 0.3 is 0 Å². The molecule has 2 aromatic rings. The second-order valence-corrected chi connectivity index (χ2v) is 5.58. The molecule has 0 bridgehead atoms. The number of nitrogens with zero attached hydrogens (tertiary/aromatic N) is 4. The molecule has 1 N–H and O–H groups in total. The first-order valence-corrected chi connectivity index (χ1v) is 7.35. The molecule has 0 saturated heterocycles. The summed E-state index contributed by atoms with van der Waals surface area (Å²) >= 11 is 6.26. The van der Waals surface area contributed by atoms with E-state index in [2.05, 4.69) is 15.5 Å². The predicted octanol–water partition coefficient (Wildman–Crippen LogP) is 2.29. The summed E-state index contributed by atoms with van der Waals surface area (Å²) in [6, 6.07) is 1.79. The normalized spacial score (nSPS) is 11.1. The van der Waals surface area contributed by atoms with Crippen LogP contribution in [0.5, 0.6) is 0 Å². The highest BCUT2D eigenvalue weighted by atomic mass is 35.5. The molecule has 2 rings (SSSR count). The third-order valence-electron chi connectivity index (χ3n) is 3.08. The van der Waals surface area contributed by atoms with Crippen LogP contribution in [0.2, 0.25) is 5.02 Å². The maximum atomic E-state index is 12.1. The molecule has 21 heavy (non-hydrogen) atoms. The monoisotopic (exact) mass is 309 g/mol. The van der Waals surface area contributed by atoms with Crippen LogP contribution in [0.25, 0.3) is 0 Å². The van der Waals surface area contributed by atoms with Crippen LogP contribution in [0.1, 0.15) is 32.2 Å². The van der Waals surface area contributed by atoms with Gasteiger partial charge in [-0.05, 0) is 27.7 Å². The van der Waals surface area contributed by atoms with E-state index in [0.717, 1.165) is 17.1 Å². The van der Waals surface area contributed by atoms with Gasteiger partial charge in [-0.25, -0.2) is 4.68 Å². The minimum atomic E-state index is -0.168. The first-order valence-electron chi connectivity index (χ1n) is 6.97. The fraction of sp³-hybridized carbons (Fsp3) is 0.500. The minimum absolute atomic E-state index is 0.168. The fourth-order valence-corrected chi connectivity index (χ4v) is 2.32. The minimum Gasteiger partial charge on any atom is -0.381 e. The Kier molecular flexibility index (Phi) is 4.67. The summed E-state index contributed by atoms with van der Waals surface area (Å²) < 4.78 is 3.19. The van der Waals surface area contributed by atoms with Gasteiger partial charge in [0.25, 0.3) is 5.56 Å². The second kappa shape index (κ2) is 6.30. The van der Waals surface area contributed by atoms with Gasteiger partial charge in [-0.3, -0.25) is 9.48 Å². The van der Waals surface area contributed by atoms with Gasteiger partial charge in [-0.2, -0.15) is 10.2 Å². The fourth-order valence-electron chi connectivity index (χ4n) is 2.13. The molecule has 7 heteroatoms. The summed E-state index contributed by atoms with van der Waals surface area (Å²) in [4.78, 5) is 12.1. The Bertz CT molecular complexity index is 689. The molecule has 0 amide bonds. The van der Waals surface area contributed by atoms with Crippen molar-refractivity contribution >= 4 is 17.3 Å². The summed E-state index contributed by atoms with van der Waals surface area (Å²) in [6.45, 7) is 8.86. The van der Waals surface area contributed by atoms with Crippen molar-refractivity contribution in [1.82, 2.24) is 19.6 Å². The zero-order valence-electron chi connectivity index (χ0n) is 12.7. The van der Waals surface area contributed by atoms with Crippen molar-refractivity contribution in [3.63, 3.8) is 0 Å². The number of nitrogens with one attached hydrogen (secondary N) is 1. The number of hydrogen-bond donors (Lipinski definition) is 1. The molecule has 0 aliphatic heterocycles. The highest BCUT2D eigenvalue weighted by molar-refractivity contribution is 6.31. The Morgan fingerprint density at radius 2 is 2.10 bits per heavy atom. The Labute approximate surface area is 128 Å². The molecule has 6 nitrogen and oxygen atoms in total. The molecule has 114 valence electrons. The van der Waals surface area contributed by atoms with Gasteiger partial charge < -0.3 is 5.32 Å². The van der Waals surface area contributed by atoms with E-state index in [1.807, 2.05) is 27.7 Å². The topological polar surface area (TPSA) is 64.7 Å². The van der Waals surface area contributed by atoms with Crippen LogP contribution in [-0.2, 0) is 13.1 Å². The van der Waals surface area contributed by atoms with E-state index >= 15 is 0 Å². The number of rotatable bonds is 5. The number of halogens is 1. The van der Waals surface area contributed by atoms with Crippen molar-refractivity contribution in [1.29, 1.82) is 0 Å². The van der Waals surface area contributed by atoms with Crippen LogP contribution in [0.3, 0.4) is 0 Å². The summed E-state index contributed by atoms with van der Waals surface area (Å²) in [7, 11) is 0. The average molecular weight is 310 g/mol. The van der Waals surface area contributed by atoms with Gasteiger partial charge in [0.1, 0.15) is 0 Å². The Balaban J connectivity index is 2.30. The van der Waals surface area contributed by atoms with Crippen molar-refractivity contribution in [3.05, 3.63) is 39.0 Å². The molecule has 0 aliphatic rings. The van der Waals surface area contributed by atoms with Crippen LogP contribution in [0.15, 0.2) is 17.1 Å². The van der Waals surface area contributed by atoms with E-state index in [0.29, 0.717) is 18.1 Å². The molecule has 0 aliphatic carbocycles. The molecular weight excluding hydrogens is 290 g/mol. The molecule has 2 heterocycles. The van der Waals surface area contributed by atoms with Crippen LogP contribution < -0.4 is 10.9 Å². The second-order valence-electron chi connectivity index (χ2n) is 5.20. The highest BCUT2D eigenvalue weighted by Crippen LogP contribution is 2.20. The molecule has 0 fully saturated rings. The lowest BCUT2D eigenvalue weighted by Crippen LogP contribution is -2.25. The van der Waals surface area contributed by atoms with Gasteiger partial charge in [0.2, 0.25) is 0 Å². The van der Waals surface area contributed by atoms with Crippen molar-refractivity contribution < 1.29 is 0 Å². The Hall–Kier alpha value is -1.82. The number of anilines is 1. The molecule has 0 saturated carbocycles. The zero-order valence-corrected chi connectivity index (χ0v) is 13.5. The van der Waals surface area contributed by atoms with Crippen LogP contribution in [0, 0.1) is 6.92 Å². The van der Waals surface area contributed by atoms with Crippen molar-refractivity contribution in [2.45, 2.75) is 46.8 Å². The lowest BCUT2D eigenvalue weighted by atomic mass is 10.3. The predicted molar refractivity (Wildman–Crippen MR) is 84.0 cm³/mol. The van der Waals surface area contributed by atoms with Gasteiger partial charge in [0.05, 0.1) is 34.8 Å². The van der Waals surface area contributed by atoms with E-state index in [1.54, 1.807) is 16.9 Å². The first-order chi connectivity index (χ1) is 9.92. The zero-order chi connectivity index (χ0) is 15.6. The molecule has 0 unspecified atom stereocenters. The van der Waals surface area contributed by atoms with E-state index in [-0.39, 0.29) is 11.6 Å². The van der Waals surface area contributed by atoms with Crippen LogP contribution in [-0.4, -0.2) is 25.6 Å². The number of aryl methyl sites for hydroxylation is 2. The SMILES string of the molecule is CCn1nc(C)c(Cl)c1Cn1ncc(NC(C)C)cc1=O. The number of hydrogen-bond acceptors (Lipinski definition) is 4. The van der Waals surface area contributed by atoms with E-state index in [1.165, 1.54) is 4.68 Å². The van der Waals surface area contributed by atoms with Crippen molar-refractivity contribution in [3.8, 4) is 0 Å². The molecule has 0 atom stereocenters. The average Bonchev–Trinajstić information content (AvgIpc) is 2.68. The standard InChI is InChI=1S/C14H20ClN5O/c1-5-19-12(14(15)10(4)18-19)8-20-13(21)6-11(7-16-20)17-9(2)3/h6-7,9,17H,5,8H2,1-4H3. The molecule has 0 aromatic carbocycles. The van der Waals surface area contributed by atoms with Crippen molar-refractivity contribution in [2.24, 2.45) is 0 Å². The summed E-state index contributed by atoms with van der Waals surface area (Å²) in [5, 5.41) is 12.3.